The number of phenolic OH excluding ortho intramolecular Hbond substituents is 1. The van der Waals surface area contributed by atoms with Crippen molar-refractivity contribution in [2.24, 2.45) is 0 Å². The number of hydrogen-bond acceptors (Lipinski definition) is 3. The van der Waals surface area contributed by atoms with E-state index in [1.54, 1.807) is 24.0 Å². The fraction of sp³-hybridized carbons (Fsp3) is 0.625. The predicted molar refractivity (Wildman–Crippen MR) is 81.4 cm³/mol. The van der Waals surface area contributed by atoms with Crippen molar-refractivity contribution in [2.45, 2.75) is 26.4 Å². The summed E-state index contributed by atoms with van der Waals surface area (Å²) in [6, 6.07) is 4.53. The van der Waals surface area contributed by atoms with Crippen LogP contribution in [0.4, 0.5) is 0 Å². The zero-order valence-corrected chi connectivity index (χ0v) is 13.5. The van der Waals surface area contributed by atoms with Gasteiger partial charge >= 0.3 is 0 Å². The Morgan fingerprint density at radius 1 is 1.05 bits per heavy atom. The maximum Gasteiger partial charge on any atom is 0.200 e. The second-order valence-corrected chi connectivity index (χ2v) is 6.09. The van der Waals surface area contributed by atoms with Crippen LogP contribution >= 0.6 is 0 Å². The number of aromatic hydroxyl groups is 1. The van der Waals surface area contributed by atoms with Crippen LogP contribution in [0.3, 0.4) is 0 Å². The Morgan fingerprint density at radius 2 is 1.57 bits per heavy atom. The van der Waals surface area contributed by atoms with Crippen LogP contribution in [-0.4, -0.2) is 51.5 Å². The fourth-order valence-corrected chi connectivity index (χ4v) is 3.02. The van der Waals surface area contributed by atoms with Gasteiger partial charge in [-0.15, -0.1) is 0 Å². The van der Waals surface area contributed by atoms with Gasteiger partial charge in [-0.3, -0.25) is 0 Å². The Kier molecular flexibility index (Phi) is 5.31. The molecule has 1 aromatic rings. The number of benzene rings is 1. The number of ether oxygens (including phenoxy) is 2. The molecule has 1 aromatic carbocycles. The van der Waals surface area contributed by atoms with Crippen molar-refractivity contribution >= 4 is 0 Å². The minimum absolute atomic E-state index is 0.0767. The second-order valence-electron chi connectivity index (χ2n) is 6.09. The van der Waals surface area contributed by atoms with E-state index >= 15 is 0 Å². The predicted octanol–water partition coefficient (Wildman–Crippen LogP) is -0.899. The Hall–Kier alpha value is -1.46. The topological polar surface area (TPSA) is 47.6 Å². The Balaban J connectivity index is 2.03. The molecule has 1 fully saturated rings. The smallest absolute Gasteiger partial charge is 0.200 e. The van der Waals surface area contributed by atoms with Gasteiger partial charge in [0.2, 0.25) is 5.75 Å². The zero-order chi connectivity index (χ0) is 15.4. The van der Waals surface area contributed by atoms with E-state index in [4.69, 9.17) is 9.47 Å². The average molecular weight is 296 g/mol. The van der Waals surface area contributed by atoms with Crippen LogP contribution in [-0.2, 0) is 6.54 Å². The molecule has 2 rings (SSSR count). The molecule has 3 N–H and O–H groups in total. The number of rotatable bonds is 5. The van der Waals surface area contributed by atoms with Crippen LogP contribution in [0.2, 0.25) is 0 Å². The molecule has 5 nitrogen and oxygen atoms in total. The number of phenols is 1. The summed E-state index contributed by atoms with van der Waals surface area (Å²) in [6.45, 7) is 10.3. The first-order chi connectivity index (χ1) is 10.0. The molecule has 0 atom stereocenters. The Bertz CT molecular complexity index is 444. The van der Waals surface area contributed by atoms with Gasteiger partial charge in [-0.05, 0) is 26.0 Å². The summed E-state index contributed by atoms with van der Waals surface area (Å²) in [4.78, 5) is 3.27. The number of methoxy groups -OCH3 is 2. The van der Waals surface area contributed by atoms with Gasteiger partial charge < -0.3 is 24.4 Å². The third-order valence-electron chi connectivity index (χ3n) is 4.41. The molecule has 0 radical (unpaired) electrons. The van der Waals surface area contributed by atoms with Crippen molar-refractivity contribution in [2.75, 3.05) is 40.4 Å². The van der Waals surface area contributed by atoms with Crippen LogP contribution in [0.5, 0.6) is 17.2 Å². The second kappa shape index (κ2) is 7.00. The number of quaternary nitrogens is 2. The quantitative estimate of drug-likeness (QED) is 0.660. The molecule has 21 heavy (non-hydrogen) atoms. The summed E-state index contributed by atoms with van der Waals surface area (Å²) < 4.78 is 10.4. The largest absolute Gasteiger partial charge is 0.502 e. The van der Waals surface area contributed by atoms with Gasteiger partial charge in [-0.1, -0.05) is 0 Å². The molecule has 0 spiro atoms. The molecular weight excluding hydrogens is 268 g/mol. The van der Waals surface area contributed by atoms with Gasteiger partial charge in [-0.25, -0.2) is 0 Å². The molecule has 1 heterocycles. The molecular formula is C16H28N2O3+2. The molecule has 0 aliphatic carbocycles. The SMILES string of the molecule is COc1cc(C[NH+]2CC[NH+](C(C)C)CC2)cc(OC)c1O. The van der Waals surface area contributed by atoms with Crippen LogP contribution in [0.25, 0.3) is 0 Å². The molecule has 5 heteroatoms. The number of nitrogens with one attached hydrogen (secondary N) is 2. The van der Waals surface area contributed by atoms with Gasteiger partial charge in [0.05, 0.1) is 20.3 Å². The van der Waals surface area contributed by atoms with Crippen LogP contribution in [0, 0.1) is 0 Å². The summed E-state index contributed by atoms with van der Waals surface area (Å²) in [5.74, 6) is 1.04. The lowest BCUT2D eigenvalue weighted by molar-refractivity contribution is -1.03. The maximum atomic E-state index is 9.95. The molecule has 1 saturated heterocycles. The molecule has 1 aliphatic rings. The Labute approximate surface area is 127 Å². The van der Waals surface area contributed by atoms with E-state index in [-0.39, 0.29) is 5.75 Å². The highest BCUT2D eigenvalue weighted by Gasteiger charge is 2.25. The van der Waals surface area contributed by atoms with E-state index < -0.39 is 0 Å². The highest BCUT2D eigenvalue weighted by Crippen LogP contribution is 2.36. The van der Waals surface area contributed by atoms with Gasteiger partial charge in [0.25, 0.3) is 0 Å². The first kappa shape index (κ1) is 15.9. The molecule has 118 valence electrons. The van der Waals surface area contributed by atoms with Crippen molar-refractivity contribution in [1.29, 1.82) is 0 Å². The highest BCUT2D eigenvalue weighted by molar-refractivity contribution is 5.52. The van der Waals surface area contributed by atoms with Crippen molar-refractivity contribution in [3.05, 3.63) is 17.7 Å². The summed E-state index contributed by atoms with van der Waals surface area (Å²) in [5.41, 5.74) is 1.14. The molecule has 0 unspecified atom stereocenters. The van der Waals surface area contributed by atoms with Crippen LogP contribution < -0.4 is 19.3 Å². The van der Waals surface area contributed by atoms with Gasteiger partial charge in [0.1, 0.15) is 32.7 Å². The highest BCUT2D eigenvalue weighted by atomic mass is 16.5. The molecule has 0 saturated carbocycles. The third kappa shape index (κ3) is 3.80. The average Bonchev–Trinajstić information content (AvgIpc) is 2.49. The van der Waals surface area contributed by atoms with Gasteiger partial charge in [-0.2, -0.15) is 0 Å². The summed E-state index contributed by atoms with van der Waals surface area (Å²) in [5, 5.41) is 9.95. The third-order valence-corrected chi connectivity index (χ3v) is 4.41. The zero-order valence-electron chi connectivity index (χ0n) is 13.5. The minimum Gasteiger partial charge on any atom is -0.502 e. The minimum atomic E-state index is 0.0767. The number of piperazine rings is 1. The van der Waals surface area contributed by atoms with Crippen molar-refractivity contribution in [1.82, 2.24) is 0 Å². The summed E-state index contributed by atoms with van der Waals surface area (Å²) >= 11 is 0. The first-order valence-corrected chi connectivity index (χ1v) is 7.67. The van der Waals surface area contributed by atoms with Gasteiger partial charge in [0.15, 0.2) is 11.5 Å². The van der Waals surface area contributed by atoms with E-state index in [2.05, 4.69) is 13.8 Å². The van der Waals surface area contributed by atoms with Crippen LogP contribution in [0.15, 0.2) is 12.1 Å². The van der Waals surface area contributed by atoms with Gasteiger partial charge in [0, 0.05) is 5.56 Å². The summed E-state index contributed by atoms with van der Waals surface area (Å²) in [6.07, 6.45) is 0. The van der Waals surface area contributed by atoms with Crippen LogP contribution in [0.1, 0.15) is 19.4 Å². The van der Waals surface area contributed by atoms with Crippen molar-refractivity contribution < 1.29 is 24.4 Å². The lowest BCUT2D eigenvalue weighted by Crippen LogP contribution is -3.28. The summed E-state index contributed by atoms with van der Waals surface area (Å²) in [7, 11) is 3.13. The van der Waals surface area contributed by atoms with E-state index in [9.17, 15) is 5.11 Å². The number of hydrogen-bond donors (Lipinski definition) is 3. The fourth-order valence-electron chi connectivity index (χ4n) is 3.02. The Morgan fingerprint density at radius 3 is 2.00 bits per heavy atom. The van der Waals surface area contributed by atoms with Crippen molar-refractivity contribution in [3.8, 4) is 17.2 Å². The maximum absolute atomic E-state index is 9.95. The van der Waals surface area contributed by atoms with E-state index in [1.165, 1.54) is 26.2 Å². The molecule has 1 aliphatic heterocycles. The lowest BCUT2D eigenvalue weighted by atomic mass is 10.1. The van der Waals surface area contributed by atoms with E-state index in [0.29, 0.717) is 17.5 Å². The normalized spacial score (nSPS) is 22.3. The first-order valence-electron chi connectivity index (χ1n) is 7.67. The standard InChI is InChI=1S/C16H26N2O3/c1-12(2)18-7-5-17(6-8-18)11-13-9-14(20-3)16(19)15(10-13)21-4/h9-10,12,19H,5-8,11H2,1-4H3/p+2. The van der Waals surface area contributed by atoms with Crippen molar-refractivity contribution in [3.63, 3.8) is 0 Å². The molecule has 0 bridgehead atoms. The van der Waals surface area contributed by atoms with E-state index in [0.717, 1.165) is 12.1 Å². The molecule has 0 amide bonds. The molecule has 0 aromatic heterocycles. The lowest BCUT2D eigenvalue weighted by Gasteiger charge is -2.32. The monoisotopic (exact) mass is 296 g/mol. The van der Waals surface area contributed by atoms with E-state index in [1.807, 2.05) is 12.1 Å².